The topological polar surface area (TPSA) is 47.8 Å². The summed E-state index contributed by atoms with van der Waals surface area (Å²) in [5.41, 5.74) is 2.86. The minimum Gasteiger partial charge on any atom is -0.291 e. The fraction of sp³-hybridized carbons (Fsp3) is 0.133. The highest BCUT2D eigenvalue weighted by atomic mass is 32.1. The molecule has 0 fully saturated rings. The zero-order valence-corrected chi connectivity index (χ0v) is 12.9. The number of aryl methyl sites for hydroxylation is 1. The predicted octanol–water partition coefficient (Wildman–Crippen LogP) is 3.42. The Bertz CT molecular complexity index is 980. The van der Waals surface area contributed by atoms with Gasteiger partial charge in [0.15, 0.2) is 0 Å². The molecule has 6 heteroatoms. The summed E-state index contributed by atoms with van der Waals surface area (Å²) in [5, 5.41) is 2.90. The van der Waals surface area contributed by atoms with Crippen LogP contribution in [-0.4, -0.2) is 14.5 Å². The highest BCUT2D eigenvalue weighted by Crippen LogP contribution is 2.23. The van der Waals surface area contributed by atoms with Crippen LogP contribution in [-0.2, 0) is 6.54 Å². The monoisotopic (exact) mass is 313 g/mol. The van der Waals surface area contributed by atoms with Gasteiger partial charge in [-0.2, -0.15) is 0 Å². The second-order valence-corrected chi connectivity index (χ2v) is 6.84. The third-order valence-electron chi connectivity index (χ3n) is 3.37. The van der Waals surface area contributed by atoms with E-state index in [1.165, 1.54) is 11.3 Å². The molecule has 3 heterocycles. The standard InChI is InChI=1S/C15H11N3OS2/c1-9-7-20-14-13(9)16-8-18(15(14)19)6-12-17-10-4-2-3-5-11(10)21-12/h2-5,7-8H,6H2,1H3. The van der Waals surface area contributed by atoms with Crippen LogP contribution in [0.5, 0.6) is 0 Å². The number of thiophene rings is 1. The van der Waals surface area contributed by atoms with E-state index in [4.69, 9.17) is 0 Å². The third-order valence-corrected chi connectivity index (χ3v) is 5.46. The molecule has 0 bridgehead atoms. The van der Waals surface area contributed by atoms with E-state index in [0.29, 0.717) is 6.54 Å². The highest BCUT2D eigenvalue weighted by Gasteiger charge is 2.10. The first kappa shape index (κ1) is 12.7. The summed E-state index contributed by atoms with van der Waals surface area (Å²) in [7, 11) is 0. The van der Waals surface area contributed by atoms with Crippen LogP contribution >= 0.6 is 22.7 Å². The second-order valence-electron chi connectivity index (χ2n) is 4.85. The van der Waals surface area contributed by atoms with E-state index in [1.807, 2.05) is 36.6 Å². The van der Waals surface area contributed by atoms with Gasteiger partial charge in [-0.05, 0) is 30.0 Å². The molecule has 0 N–H and O–H groups in total. The number of fused-ring (bicyclic) bond motifs is 2. The van der Waals surface area contributed by atoms with E-state index < -0.39 is 0 Å². The van der Waals surface area contributed by atoms with Crippen LogP contribution < -0.4 is 5.56 Å². The molecule has 1 aromatic carbocycles. The Morgan fingerprint density at radius 2 is 2.14 bits per heavy atom. The summed E-state index contributed by atoms with van der Waals surface area (Å²) >= 11 is 3.07. The lowest BCUT2D eigenvalue weighted by Crippen LogP contribution is -2.20. The first-order valence-corrected chi connectivity index (χ1v) is 8.19. The van der Waals surface area contributed by atoms with Gasteiger partial charge in [-0.25, -0.2) is 9.97 Å². The number of nitrogens with zero attached hydrogens (tertiary/aromatic N) is 3. The molecule has 3 aromatic heterocycles. The molecular weight excluding hydrogens is 302 g/mol. The third kappa shape index (κ3) is 2.07. The molecule has 0 aliphatic heterocycles. The van der Waals surface area contributed by atoms with Crippen LogP contribution in [0.25, 0.3) is 20.4 Å². The van der Waals surface area contributed by atoms with Crippen molar-refractivity contribution in [1.82, 2.24) is 14.5 Å². The van der Waals surface area contributed by atoms with Gasteiger partial charge in [0.05, 0.1) is 28.6 Å². The molecule has 0 saturated carbocycles. The van der Waals surface area contributed by atoms with Gasteiger partial charge in [0.2, 0.25) is 0 Å². The van der Waals surface area contributed by atoms with Crippen LogP contribution in [0.1, 0.15) is 10.6 Å². The predicted molar refractivity (Wildman–Crippen MR) is 87.3 cm³/mol. The molecule has 104 valence electrons. The molecule has 0 unspecified atom stereocenters. The van der Waals surface area contributed by atoms with Crippen molar-refractivity contribution in [3.05, 3.63) is 56.9 Å². The molecule has 0 radical (unpaired) electrons. The number of hydrogen-bond acceptors (Lipinski definition) is 5. The number of para-hydroxylation sites is 1. The summed E-state index contributed by atoms with van der Waals surface area (Å²) in [6.45, 7) is 2.45. The normalized spacial score (nSPS) is 11.5. The van der Waals surface area contributed by atoms with E-state index >= 15 is 0 Å². The van der Waals surface area contributed by atoms with Gasteiger partial charge in [0, 0.05) is 0 Å². The maximum absolute atomic E-state index is 12.5. The van der Waals surface area contributed by atoms with E-state index in [9.17, 15) is 4.79 Å². The molecule has 0 aliphatic carbocycles. The summed E-state index contributed by atoms with van der Waals surface area (Å²) in [6.07, 6.45) is 1.62. The summed E-state index contributed by atoms with van der Waals surface area (Å²) in [5.74, 6) is 0. The molecule has 4 nitrogen and oxygen atoms in total. The number of thiazole rings is 1. The van der Waals surface area contributed by atoms with Crippen molar-refractivity contribution in [2.75, 3.05) is 0 Å². The van der Waals surface area contributed by atoms with Crippen molar-refractivity contribution in [3.63, 3.8) is 0 Å². The quantitative estimate of drug-likeness (QED) is 0.569. The van der Waals surface area contributed by atoms with Gasteiger partial charge in [-0.1, -0.05) is 12.1 Å². The van der Waals surface area contributed by atoms with E-state index in [-0.39, 0.29) is 5.56 Å². The maximum Gasteiger partial charge on any atom is 0.271 e. The lowest BCUT2D eigenvalue weighted by Gasteiger charge is -2.02. The fourth-order valence-electron chi connectivity index (χ4n) is 2.31. The maximum atomic E-state index is 12.5. The Morgan fingerprint density at radius 1 is 1.29 bits per heavy atom. The Labute approximate surface area is 128 Å². The Morgan fingerprint density at radius 3 is 3.00 bits per heavy atom. The van der Waals surface area contributed by atoms with Crippen molar-refractivity contribution in [1.29, 1.82) is 0 Å². The first-order valence-electron chi connectivity index (χ1n) is 6.50. The summed E-state index contributed by atoms with van der Waals surface area (Å²) < 4.78 is 3.49. The molecule has 4 aromatic rings. The van der Waals surface area contributed by atoms with Gasteiger partial charge in [0.25, 0.3) is 5.56 Å². The zero-order valence-electron chi connectivity index (χ0n) is 11.2. The largest absolute Gasteiger partial charge is 0.291 e. The van der Waals surface area contributed by atoms with Crippen LogP contribution in [0, 0.1) is 6.92 Å². The summed E-state index contributed by atoms with van der Waals surface area (Å²) in [4.78, 5) is 21.4. The average molecular weight is 313 g/mol. The lowest BCUT2D eigenvalue weighted by molar-refractivity contribution is 0.746. The molecule has 0 atom stereocenters. The molecule has 4 rings (SSSR count). The smallest absolute Gasteiger partial charge is 0.271 e. The molecule has 0 aliphatic rings. The Hall–Kier alpha value is -2.05. The molecule has 0 amide bonds. The number of aromatic nitrogens is 3. The highest BCUT2D eigenvalue weighted by molar-refractivity contribution is 7.18. The van der Waals surface area contributed by atoms with Crippen molar-refractivity contribution in [2.24, 2.45) is 0 Å². The SMILES string of the molecule is Cc1csc2c(=O)n(Cc3nc4ccccc4s3)cnc12. The molecule has 0 saturated heterocycles. The number of rotatable bonds is 2. The van der Waals surface area contributed by atoms with Crippen LogP contribution in [0.4, 0.5) is 0 Å². The minimum atomic E-state index is 0.0114. The molecule has 0 spiro atoms. The van der Waals surface area contributed by atoms with Crippen LogP contribution in [0.3, 0.4) is 0 Å². The van der Waals surface area contributed by atoms with E-state index in [1.54, 1.807) is 22.2 Å². The van der Waals surface area contributed by atoms with Crippen LogP contribution in [0.2, 0.25) is 0 Å². The van der Waals surface area contributed by atoms with Crippen molar-refractivity contribution in [2.45, 2.75) is 13.5 Å². The van der Waals surface area contributed by atoms with Crippen molar-refractivity contribution in [3.8, 4) is 0 Å². The first-order chi connectivity index (χ1) is 10.2. The molecule has 21 heavy (non-hydrogen) atoms. The number of hydrogen-bond donors (Lipinski definition) is 0. The lowest BCUT2D eigenvalue weighted by atomic mass is 10.3. The van der Waals surface area contributed by atoms with E-state index in [0.717, 1.165) is 31.0 Å². The Balaban J connectivity index is 1.80. The second kappa shape index (κ2) is 4.75. The van der Waals surface area contributed by atoms with Gasteiger partial charge in [-0.15, -0.1) is 22.7 Å². The van der Waals surface area contributed by atoms with E-state index in [2.05, 4.69) is 9.97 Å². The number of benzene rings is 1. The zero-order chi connectivity index (χ0) is 14.4. The molecular formula is C15H11N3OS2. The van der Waals surface area contributed by atoms with Crippen LogP contribution in [0.15, 0.2) is 40.8 Å². The van der Waals surface area contributed by atoms with Gasteiger partial charge >= 0.3 is 0 Å². The van der Waals surface area contributed by atoms with Gasteiger partial charge < -0.3 is 0 Å². The minimum absolute atomic E-state index is 0.0114. The fourth-order valence-corrected chi connectivity index (χ4v) is 4.22. The van der Waals surface area contributed by atoms with Crippen molar-refractivity contribution < 1.29 is 0 Å². The average Bonchev–Trinajstić information content (AvgIpc) is 3.06. The van der Waals surface area contributed by atoms with Crippen molar-refractivity contribution >= 4 is 43.1 Å². The van der Waals surface area contributed by atoms with Gasteiger partial charge in [0.1, 0.15) is 9.71 Å². The summed E-state index contributed by atoms with van der Waals surface area (Å²) in [6, 6.07) is 8.00. The Kier molecular flexibility index (Phi) is 2.87. The van der Waals surface area contributed by atoms with Gasteiger partial charge in [-0.3, -0.25) is 9.36 Å².